The predicted molar refractivity (Wildman–Crippen MR) is 80.7 cm³/mol. The second-order valence-electron chi connectivity index (χ2n) is 5.44. The molecule has 0 radical (unpaired) electrons. The summed E-state index contributed by atoms with van der Waals surface area (Å²) in [4.78, 5) is 4.78. The molecule has 1 saturated heterocycles. The number of aromatic nitrogens is 2. The Morgan fingerprint density at radius 1 is 1.30 bits per heavy atom. The summed E-state index contributed by atoms with van der Waals surface area (Å²) < 4.78 is 7.75. The topological polar surface area (TPSA) is 39.1 Å². The number of hydrogen-bond acceptors (Lipinski definition) is 3. The summed E-state index contributed by atoms with van der Waals surface area (Å²) in [5, 5.41) is 3.63. The van der Waals surface area contributed by atoms with E-state index in [0.717, 1.165) is 56.9 Å². The van der Waals surface area contributed by atoms with Gasteiger partial charge in [-0.15, -0.1) is 0 Å². The van der Waals surface area contributed by atoms with E-state index in [4.69, 9.17) is 9.72 Å². The maximum absolute atomic E-state index is 5.40. The van der Waals surface area contributed by atoms with Crippen LogP contribution in [-0.2, 0) is 17.8 Å². The fourth-order valence-electron chi connectivity index (χ4n) is 2.87. The first-order valence-electron chi connectivity index (χ1n) is 7.63. The molecular formula is C16H23N3O. The molecule has 0 aliphatic carbocycles. The minimum Gasteiger partial charge on any atom is -0.381 e. The van der Waals surface area contributed by atoms with Crippen LogP contribution in [0.25, 0.3) is 11.0 Å². The number of hydrogen-bond donors (Lipinski definition) is 1. The van der Waals surface area contributed by atoms with Gasteiger partial charge in [0.25, 0.3) is 0 Å². The van der Waals surface area contributed by atoms with Gasteiger partial charge in [0.05, 0.1) is 17.6 Å². The van der Waals surface area contributed by atoms with E-state index in [-0.39, 0.29) is 0 Å². The number of ether oxygens (including phenoxy) is 1. The van der Waals surface area contributed by atoms with Gasteiger partial charge in [-0.3, -0.25) is 0 Å². The highest BCUT2D eigenvalue weighted by Gasteiger charge is 2.15. The Morgan fingerprint density at radius 2 is 2.10 bits per heavy atom. The fourth-order valence-corrected chi connectivity index (χ4v) is 2.87. The van der Waals surface area contributed by atoms with E-state index in [9.17, 15) is 0 Å². The van der Waals surface area contributed by atoms with Gasteiger partial charge in [0.2, 0.25) is 0 Å². The summed E-state index contributed by atoms with van der Waals surface area (Å²) in [5.74, 6) is 1.15. The average molecular weight is 273 g/mol. The van der Waals surface area contributed by atoms with Gasteiger partial charge in [0.15, 0.2) is 0 Å². The van der Waals surface area contributed by atoms with Crippen LogP contribution < -0.4 is 5.32 Å². The maximum Gasteiger partial charge on any atom is 0.123 e. The first-order chi connectivity index (χ1) is 9.88. The molecular weight excluding hydrogens is 250 g/mol. The van der Waals surface area contributed by atoms with Gasteiger partial charge in [-0.25, -0.2) is 4.98 Å². The van der Waals surface area contributed by atoms with Crippen molar-refractivity contribution in [3.63, 3.8) is 0 Å². The molecule has 3 rings (SSSR count). The highest BCUT2D eigenvalue weighted by Crippen LogP contribution is 2.17. The van der Waals surface area contributed by atoms with E-state index in [2.05, 4.69) is 41.1 Å². The molecule has 2 heterocycles. The molecule has 1 aliphatic rings. The summed E-state index contributed by atoms with van der Waals surface area (Å²) in [6, 6.07) is 8.97. The van der Waals surface area contributed by atoms with Crippen LogP contribution in [0.4, 0.5) is 0 Å². The number of nitrogens with one attached hydrogen (secondary N) is 1. The Morgan fingerprint density at radius 3 is 2.90 bits per heavy atom. The summed E-state index contributed by atoms with van der Waals surface area (Å²) in [6.07, 6.45) is 3.34. The minimum atomic E-state index is 0.568. The van der Waals surface area contributed by atoms with Crippen molar-refractivity contribution in [3.8, 4) is 0 Å². The Hall–Kier alpha value is -1.39. The van der Waals surface area contributed by atoms with Gasteiger partial charge in [-0.2, -0.15) is 0 Å². The van der Waals surface area contributed by atoms with E-state index in [1.165, 1.54) is 5.52 Å². The smallest absolute Gasteiger partial charge is 0.123 e. The van der Waals surface area contributed by atoms with E-state index >= 15 is 0 Å². The van der Waals surface area contributed by atoms with Crippen molar-refractivity contribution in [1.29, 1.82) is 0 Å². The molecule has 0 bridgehead atoms. The maximum atomic E-state index is 5.40. The normalized spacial score (nSPS) is 16.9. The number of rotatable bonds is 5. The SMILES string of the molecule is CCCn1c(CNC2CCOCC2)nc2ccccc21. The lowest BCUT2D eigenvalue weighted by Gasteiger charge is -2.23. The Kier molecular flexibility index (Phi) is 4.33. The zero-order chi connectivity index (χ0) is 13.8. The van der Waals surface area contributed by atoms with Gasteiger partial charge in [-0.05, 0) is 31.4 Å². The number of imidazole rings is 1. The zero-order valence-electron chi connectivity index (χ0n) is 12.1. The van der Waals surface area contributed by atoms with Crippen LogP contribution >= 0.6 is 0 Å². The molecule has 20 heavy (non-hydrogen) atoms. The molecule has 1 aromatic heterocycles. The average Bonchev–Trinajstić information content (AvgIpc) is 2.85. The zero-order valence-corrected chi connectivity index (χ0v) is 12.1. The number of fused-ring (bicyclic) bond motifs is 1. The van der Waals surface area contributed by atoms with E-state index in [0.29, 0.717) is 6.04 Å². The minimum absolute atomic E-state index is 0.568. The number of para-hydroxylation sites is 2. The third kappa shape index (κ3) is 2.86. The number of nitrogens with zero attached hydrogens (tertiary/aromatic N) is 2. The predicted octanol–water partition coefficient (Wildman–Crippen LogP) is 2.71. The molecule has 2 aromatic rings. The van der Waals surface area contributed by atoms with E-state index < -0.39 is 0 Å². The fraction of sp³-hybridized carbons (Fsp3) is 0.562. The third-order valence-corrected chi connectivity index (χ3v) is 3.95. The van der Waals surface area contributed by atoms with Crippen LogP contribution in [0.1, 0.15) is 32.0 Å². The quantitative estimate of drug-likeness (QED) is 0.910. The molecule has 4 heteroatoms. The highest BCUT2D eigenvalue weighted by molar-refractivity contribution is 5.75. The third-order valence-electron chi connectivity index (χ3n) is 3.95. The molecule has 0 amide bonds. The van der Waals surface area contributed by atoms with Gasteiger partial charge in [-0.1, -0.05) is 19.1 Å². The molecule has 1 N–H and O–H groups in total. The second-order valence-corrected chi connectivity index (χ2v) is 5.44. The Labute approximate surface area is 120 Å². The lowest BCUT2D eigenvalue weighted by Crippen LogP contribution is -2.35. The largest absolute Gasteiger partial charge is 0.381 e. The first kappa shape index (κ1) is 13.6. The molecule has 1 aliphatic heterocycles. The van der Waals surface area contributed by atoms with Gasteiger partial charge < -0.3 is 14.6 Å². The van der Waals surface area contributed by atoms with E-state index in [1.54, 1.807) is 0 Å². The molecule has 0 spiro atoms. The van der Waals surface area contributed by atoms with E-state index in [1.807, 2.05) is 0 Å². The monoisotopic (exact) mass is 273 g/mol. The lowest BCUT2D eigenvalue weighted by atomic mass is 10.1. The Bertz CT molecular complexity index is 558. The van der Waals surface area contributed by atoms with Crippen molar-refractivity contribution in [2.45, 2.75) is 45.3 Å². The molecule has 108 valence electrons. The summed E-state index contributed by atoms with van der Waals surface area (Å²) in [7, 11) is 0. The van der Waals surface area contributed by atoms with Gasteiger partial charge in [0, 0.05) is 25.8 Å². The number of aryl methyl sites for hydroxylation is 1. The Balaban J connectivity index is 1.77. The van der Waals surface area contributed by atoms with Crippen LogP contribution in [-0.4, -0.2) is 28.8 Å². The molecule has 0 unspecified atom stereocenters. The lowest BCUT2D eigenvalue weighted by molar-refractivity contribution is 0.0773. The molecule has 1 fully saturated rings. The van der Waals surface area contributed by atoms with Crippen molar-refractivity contribution < 1.29 is 4.74 Å². The van der Waals surface area contributed by atoms with Crippen LogP contribution in [0.3, 0.4) is 0 Å². The first-order valence-corrected chi connectivity index (χ1v) is 7.63. The van der Waals surface area contributed by atoms with Gasteiger partial charge >= 0.3 is 0 Å². The number of benzene rings is 1. The van der Waals surface area contributed by atoms with Crippen molar-refractivity contribution in [1.82, 2.24) is 14.9 Å². The van der Waals surface area contributed by atoms with Crippen LogP contribution in [0, 0.1) is 0 Å². The second kappa shape index (κ2) is 6.37. The highest BCUT2D eigenvalue weighted by atomic mass is 16.5. The van der Waals surface area contributed by atoms with Gasteiger partial charge in [0.1, 0.15) is 5.82 Å². The van der Waals surface area contributed by atoms with Crippen molar-refractivity contribution in [3.05, 3.63) is 30.1 Å². The van der Waals surface area contributed by atoms with Crippen LogP contribution in [0.5, 0.6) is 0 Å². The summed E-state index contributed by atoms with van der Waals surface area (Å²) in [5.41, 5.74) is 2.35. The van der Waals surface area contributed by atoms with Crippen molar-refractivity contribution in [2.75, 3.05) is 13.2 Å². The molecule has 1 aromatic carbocycles. The van der Waals surface area contributed by atoms with Crippen molar-refractivity contribution >= 4 is 11.0 Å². The molecule has 0 saturated carbocycles. The van der Waals surface area contributed by atoms with Crippen molar-refractivity contribution in [2.24, 2.45) is 0 Å². The van der Waals surface area contributed by atoms with Crippen LogP contribution in [0.2, 0.25) is 0 Å². The summed E-state index contributed by atoms with van der Waals surface area (Å²) >= 11 is 0. The molecule has 4 nitrogen and oxygen atoms in total. The standard InChI is InChI=1S/C16H23N3O/c1-2-9-19-15-6-4-3-5-14(15)18-16(19)12-17-13-7-10-20-11-8-13/h3-6,13,17H,2,7-12H2,1H3. The summed E-state index contributed by atoms with van der Waals surface area (Å²) in [6.45, 7) is 5.85. The van der Waals surface area contributed by atoms with Crippen LogP contribution in [0.15, 0.2) is 24.3 Å². The molecule has 0 atom stereocenters.